The summed E-state index contributed by atoms with van der Waals surface area (Å²) in [4.78, 5) is 13.9. The molecule has 1 N–H and O–H groups in total. The maximum Gasteiger partial charge on any atom is 0.154 e. The van der Waals surface area contributed by atoms with Crippen LogP contribution in [0.4, 0.5) is 0 Å². The Kier molecular flexibility index (Phi) is 5.64. The molecule has 1 aliphatic heterocycles. The quantitative estimate of drug-likeness (QED) is 0.783. The van der Waals surface area contributed by atoms with E-state index in [9.17, 15) is 4.79 Å². The van der Waals surface area contributed by atoms with Crippen LogP contribution < -0.4 is 5.32 Å². The summed E-state index contributed by atoms with van der Waals surface area (Å²) in [6, 6.07) is 0. The van der Waals surface area contributed by atoms with Gasteiger partial charge in [0.05, 0.1) is 0 Å². The van der Waals surface area contributed by atoms with Gasteiger partial charge < -0.3 is 5.32 Å². The van der Waals surface area contributed by atoms with Gasteiger partial charge in [-0.2, -0.15) is 0 Å². The van der Waals surface area contributed by atoms with E-state index in [1.807, 2.05) is 6.92 Å². The number of likely N-dealkylation sites (tertiary alicyclic amines) is 1. The van der Waals surface area contributed by atoms with Crippen LogP contribution in [0.3, 0.4) is 0 Å². The average Bonchev–Trinajstić information content (AvgIpc) is 2.46. The summed E-state index contributed by atoms with van der Waals surface area (Å²) in [5.74, 6) is 0.130. The number of carbonyl (C=O) groups is 1. The summed E-state index contributed by atoms with van der Waals surface area (Å²) in [5.41, 5.74) is 1.35. The molecule has 114 valence electrons. The highest BCUT2D eigenvalue weighted by Gasteiger charge is 2.38. The van der Waals surface area contributed by atoms with Crippen LogP contribution in [0.5, 0.6) is 0 Å². The molecule has 0 spiro atoms. The van der Waals surface area contributed by atoms with Crippen LogP contribution in [0.15, 0.2) is 11.8 Å². The molecule has 2 fully saturated rings. The van der Waals surface area contributed by atoms with Gasteiger partial charge in [-0.25, -0.2) is 0 Å². The molecule has 3 nitrogen and oxygen atoms in total. The van der Waals surface area contributed by atoms with Crippen molar-refractivity contribution in [2.45, 2.75) is 70.8 Å². The molecule has 0 unspecified atom stereocenters. The summed E-state index contributed by atoms with van der Waals surface area (Å²) in [6.07, 6.45) is 12.5. The first-order valence-corrected chi connectivity index (χ1v) is 8.30. The third kappa shape index (κ3) is 4.08. The Hall–Kier alpha value is -0.830. The Bertz CT molecular complexity index is 350. The minimum Gasteiger partial charge on any atom is -0.387 e. The fourth-order valence-corrected chi connectivity index (χ4v) is 3.84. The Balaban J connectivity index is 2.01. The predicted octanol–water partition coefficient (Wildman–Crippen LogP) is 3.26. The van der Waals surface area contributed by atoms with Crippen LogP contribution in [0.25, 0.3) is 0 Å². The van der Waals surface area contributed by atoms with E-state index in [2.05, 4.69) is 10.2 Å². The number of rotatable bonds is 5. The summed E-state index contributed by atoms with van der Waals surface area (Å²) in [7, 11) is 0. The largest absolute Gasteiger partial charge is 0.387 e. The third-order valence-corrected chi connectivity index (χ3v) is 4.93. The summed E-state index contributed by atoms with van der Waals surface area (Å²) < 4.78 is 0. The number of hydrogen-bond donors (Lipinski definition) is 1. The van der Waals surface area contributed by atoms with Crippen molar-refractivity contribution < 1.29 is 4.79 Å². The molecule has 1 heterocycles. The van der Waals surface area contributed by atoms with Crippen LogP contribution in [-0.2, 0) is 4.79 Å². The summed E-state index contributed by atoms with van der Waals surface area (Å²) >= 11 is 0. The highest BCUT2D eigenvalue weighted by molar-refractivity contribution is 5.87. The second-order valence-electron chi connectivity index (χ2n) is 6.62. The number of hydrogen-bond acceptors (Lipinski definition) is 3. The van der Waals surface area contributed by atoms with Gasteiger partial charge in [0, 0.05) is 17.8 Å². The van der Waals surface area contributed by atoms with Crippen LogP contribution >= 0.6 is 0 Å². The maximum absolute atomic E-state index is 11.2. The second kappa shape index (κ2) is 7.26. The maximum atomic E-state index is 11.2. The molecule has 0 aromatic rings. The molecule has 0 amide bonds. The summed E-state index contributed by atoms with van der Waals surface area (Å²) in [5, 5.41) is 3.52. The second-order valence-corrected chi connectivity index (χ2v) is 6.62. The minimum atomic E-state index is 0.130. The van der Waals surface area contributed by atoms with Gasteiger partial charge in [0.2, 0.25) is 0 Å². The van der Waals surface area contributed by atoms with E-state index in [1.54, 1.807) is 13.0 Å². The number of allylic oxidation sites excluding steroid dienone is 2. The normalized spacial score (nSPS) is 24.4. The number of carbonyl (C=O) groups excluding carboxylic acids is 1. The third-order valence-electron chi connectivity index (χ3n) is 4.93. The Morgan fingerprint density at radius 2 is 1.65 bits per heavy atom. The summed E-state index contributed by atoms with van der Waals surface area (Å²) in [6.45, 7) is 7.15. The molecule has 0 atom stereocenters. The predicted molar refractivity (Wildman–Crippen MR) is 83.7 cm³/mol. The fourth-order valence-electron chi connectivity index (χ4n) is 3.84. The van der Waals surface area contributed by atoms with E-state index >= 15 is 0 Å². The van der Waals surface area contributed by atoms with Gasteiger partial charge in [0.15, 0.2) is 5.78 Å². The van der Waals surface area contributed by atoms with Gasteiger partial charge in [0.1, 0.15) is 0 Å². The first-order chi connectivity index (χ1) is 9.62. The average molecular weight is 278 g/mol. The molecule has 0 aromatic heterocycles. The standard InChI is InChI=1S/C17H30N2O/c1-15(13-16(2)20)18-14-17(9-5-3-6-10-17)19-11-7-4-8-12-19/h13,18H,3-12,14H2,1-2H3. The van der Waals surface area contributed by atoms with Crippen molar-refractivity contribution in [3.8, 4) is 0 Å². The van der Waals surface area contributed by atoms with Crippen LogP contribution in [-0.4, -0.2) is 35.9 Å². The molecule has 2 rings (SSSR count). The van der Waals surface area contributed by atoms with E-state index < -0.39 is 0 Å². The molecule has 2 aliphatic rings. The first-order valence-electron chi connectivity index (χ1n) is 8.30. The Morgan fingerprint density at radius 3 is 2.25 bits per heavy atom. The topological polar surface area (TPSA) is 32.3 Å². The van der Waals surface area contributed by atoms with E-state index in [0.29, 0.717) is 5.54 Å². The van der Waals surface area contributed by atoms with Crippen molar-refractivity contribution in [3.63, 3.8) is 0 Å². The van der Waals surface area contributed by atoms with E-state index in [0.717, 1.165) is 12.2 Å². The minimum absolute atomic E-state index is 0.130. The number of nitrogens with one attached hydrogen (secondary N) is 1. The molecule has 0 aromatic carbocycles. The van der Waals surface area contributed by atoms with Crippen molar-refractivity contribution in [1.29, 1.82) is 0 Å². The zero-order valence-electron chi connectivity index (χ0n) is 13.2. The molecular formula is C17H30N2O. The van der Waals surface area contributed by atoms with Crippen molar-refractivity contribution >= 4 is 5.78 Å². The lowest BCUT2D eigenvalue weighted by Crippen LogP contribution is -2.57. The molecule has 0 radical (unpaired) electrons. The Morgan fingerprint density at radius 1 is 1.05 bits per heavy atom. The van der Waals surface area contributed by atoms with E-state index in [1.165, 1.54) is 64.5 Å². The fraction of sp³-hybridized carbons (Fsp3) is 0.824. The first kappa shape index (κ1) is 15.6. The van der Waals surface area contributed by atoms with Gasteiger partial charge >= 0.3 is 0 Å². The molecule has 3 heteroatoms. The van der Waals surface area contributed by atoms with Crippen molar-refractivity contribution in [3.05, 3.63) is 11.8 Å². The number of piperidine rings is 1. The van der Waals surface area contributed by atoms with Crippen molar-refractivity contribution in [2.24, 2.45) is 0 Å². The van der Waals surface area contributed by atoms with E-state index in [4.69, 9.17) is 0 Å². The smallest absolute Gasteiger partial charge is 0.154 e. The Labute approximate surface area is 123 Å². The molecule has 20 heavy (non-hydrogen) atoms. The van der Waals surface area contributed by atoms with Gasteiger partial charge in [-0.3, -0.25) is 9.69 Å². The lowest BCUT2D eigenvalue weighted by Gasteiger charge is -2.48. The number of ketones is 1. The zero-order valence-corrected chi connectivity index (χ0v) is 13.2. The highest BCUT2D eigenvalue weighted by atomic mass is 16.1. The lowest BCUT2D eigenvalue weighted by atomic mass is 9.79. The monoisotopic (exact) mass is 278 g/mol. The number of nitrogens with zero attached hydrogens (tertiary/aromatic N) is 1. The van der Waals surface area contributed by atoms with Crippen LogP contribution in [0.2, 0.25) is 0 Å². The van der Waals surface area contributed by atoms with Gasteiger partial charge in [-0.05, 0) is 58.7 Å². The molecule has 0 bridgehead atoms. The van der Waals surface area contributed by atoms with Crippen LogP contribution in [0, 0.1) is 0 Å². The SMILES string of the molecule is CC(=O)C=C(C)NCC1(N2CCCCC2)CCCCC1. The zero-order chi connectivity index (χ0) is 14.4. The molecule has 1 aliphatic carbocycles. The van der Waals surface area contributed by atoms with Gasteiger partial charge in [-0.15, -0.1) is 0 Å². The molecule has 1 saturated heterocycles. The van der Waals surface area contributed by atoms with Gasteiger partial charge in [-0.1, -0.05) is 25.7 Å². The molecule has 1 saturated carbocycles. The highest BCUT2D eigenvalue weighted by Crippen LogP contribution is 2.35. The lowest BCUT2D eigenvalue weighted by molar-refractivity contribution is -0.112. The van der Waals surface area contributed by atoms with E-state index in [-0.39, 0.29) is 5.78 Å². The van der Waals surface area contributed by atoms with Crippen molar-refractivity contribution in [2.75, 3.05) is 19.6 Å². The van der Waals surface area contributed by atoms with Crippen LogP contribution in [0.1, 0.15) is 65.2 Å². The van der Waals surface area contributed by atoms with Crippen molar-refractivity contribution in [1.82, 2.24) is 10.2 Å². The molecular weight excluding hydrogens is 248 g/mol. The van der Waals surface area contributed by atoms with Gasteiger partial charge in [0.25, 0.3) is 0 Å².